The lowest BCUT2D eigenvalue weighted by molar-refractivity contribution is -0.153. The van der Waals surface area contributed by atoms with Gasteiger partial charge in [-0.15, -0.1) is 11.3 Å². The molecule has 1 fully saturated rings. The Kier molecular flexibility index (Phi) is 4.52. The van der Waals surface area contributed by atoms with E-state index in [9.17, 15) is 9.59 Å². The van der Waals surface area contributed by atoms with Crippen LogP contribution in [0.25, 0.3) is 0 Å². The lowest BCUT2D eigenvalue weighted by Crippen LogP contribution is -2.40. The van der Waals surface area contributed by atoms with E-state index in [0.717, 1.165) is 5.01 Å². The van der Waals surface area contributed by atoms with Crippen LogP contribution in [0.15, 0.2) is 11.6 Å². The molecule has 0 unspecified atom stereocenters. The van der Waals surface area contributed by atoms with Crippen molar-refractivity contribution in [2.45, 2.75) is 39.3 Å². The van der Waals surface area contributed by atoms with Gasteiger partial charge in [0.25, 0.3) is 5.91 Å². The van der Waals surface area contributed by atoms with Crippen molar-refractivity contribution in [1.29, 1.82) is 0 Å². The number of cyclic esters (lactones) is 1. The number of ether oxygens (including phenoxy) is 1. The molecule has 1 atom stereocenters. The highest BCUT2D eigenvalue weighted by atomic mass is 32.1. The van der Waals surface area contributed by atoms with Crippen LogP contribution in [0.3, 0.4) is 0 Å². The molecule has 0 N–H and O–H groups in total. The normalized spacial score (nSPS) is 18.7. The Labute approximate surface area is 116 Å². The number of thiazole rings is 1. The maximum Gasteiger partial charge on any atom is 0.306 e. The third-order valence-corrected chi connectivity index (χ3v) is 3.63. The van der Waals surface area contributed by atoms with Gasteiger partial charge in [0.2, 0.25) is 0 Å². The van der Waals surface area contributed by atoms with Crippen molar-refractivity contribution in [3.05, 3.63) is 16.6 Å². The van der Waals surface area contributed by atoms with Gasteiger partial charge in [-0.3, -0.25) is 9.59 Å². The Balaban J connectivity index is 2.03. The zero-order valence-electron chi connectivity index (χ0n) is 11.2. The summed E-state index contributed by atoms with van der Waals surface area (Å²) in [6, 6.07) is 0. The number of nitrogens with zero attached hydrogens (tertiary/aromatic N) is 2. The van der Waals surface area contributed by atoms with E-state index < -0.39 is 6.10 Å². The lowest BCUT2D eigenvalue weighted by atomic mass is 10.1. The third-order valence-electron chi connectivity index (χ3n) is 2.87. The fourth-order valence-corrected chi connectivity index (χ4v) is 2.70. The quantitative estimate of drug-likeness (QED) is 0.773. The van der Waals surface area contributed by atoms with Gasteiger partial charge in [0.05, 0.1) is 6.54 Å². The molecule has 0 radical (unpaired) electrons. The first-order valence-corrected chi connectivity index (χ1v) is 7.31. The van der Waals surface area contributed by atoms with E-state index in [1.165, 1.54) is 11.3 Å². The molecular formula is C13H18N2O3S. The van der Waals surface area contributed by atoms with Gasteiger partial charge in [0.15, 0.2) is 6.10 Å². The van der Waals surface area contributed by atoms with Crippen LogP contribution < -0.4 is 0 Å². The summed E-state index contributed by atoms with van der Waals surface area (Å²) in [5, 5.41) is 2.79. The fraction of sp³-hybridized carbons (Fsp3) is 0.615. The van der Waals surface area contributed by atoms with Crippen molar-refractivity contribution in [2.75, 3.05) is 6.54 Å². The van der Waals surface area contributed by atoms with Gasteiger partial charge in [-0.25, -0.2) is 4.98 Å². The Hall–Kier alpha value is -1.43. The maximum absolute atomic E-state index is 12.4. The second-order valence-electron chi connectivity index (χ2n) is 5.06. The Morgan fingerprint density at radius 3 is 2.95 bits per heavy atom. The highest BCUT2D eigenvalue weighted by Gasteiger charge is 2.33. The summed E-state index contributed by atoms with van der Waals surface area (Å²) in [5.74, 6) is -0.0205. The average Bonchev–Trinajstić information content (AvgIpc) is 2.98. The topological polar surface area (TPSA) is 59.5 Å². The maximum atomic E-state index is 12.4. The van der Waals surface area contributed by atoms with Crippen LogP contribution in [0.5, 0.6) is 0 Å². The number of rotatable bonds is 5. The van der Waals surface area contributed by atoms with Crippen LogP contribution in [0, 0.1) is 5.92 Å². The number of esters is 1. The van der Waals surface area contributed by atoms with Crippen LogP contribution in [0.1, 0.15) is 31.7 Å². The third kappa shape index (κ3) is 3.76. The number of aromatic nitrogens is 1. The van der Waals surface area contributed by atoms with E-state index in [2.05, 4.69) is 18.8 Å². The molecule has 0 aromatic carbocycles. The molecular weight excluding hydrogens is 264 g/mol. The molecule has 1 aliphatic rings. The summed E-state index contributed by atoms with van der Waals surface area (Å²) in [4.78, 5) is 29.4. The molecule has 19 heavy (non-hydrogen) atoms. The fourth-order valence-electron chi connectivity index (χ4n) is 2.07. The first kappa shape index (κ1) is 14.0. The Bertz CT molecular complexity index is 445. The predicted octanol–water partition coefficient (Wildman–Crippen LogP) is 1.83. The number of hydrogen-bond acceptors (Lipinski definition) is 5. The molecule has 0 saturated carbocycles. The summed E-state index contributed by atoms with van der Waals surface area (Å²) in [7, 11) is 0. The minimum atomic E-state index is -0.605. The zero-order valence-corrected chi connectivity index (χ0v) is 12.0. The molecule has 104 valence electrons. The van der Waals surface area contributed by atoms with Gasteiger partial charge >= 0.3 is 5.97 Å². The van der Waals surface area contributed by atoms with E-state index in [1.54, 1.807) is 11.1 Å². The highest BCUT2D eigenvalue weighted by molar-refractivity contribution is 7.09. The zero-order chi connectivity index (χ0) is 13.8. The molecule has 0 spiro atoms. The number of carbonyl (C=O) groups is 2. The van der Waals surface area contributed by atoms with Crippen molar-refractivity contribution in [3.63, 3.8) is 0 Å². The molecule has 1 aromatic heterocycles. The van der Waals surface area contributed by atoms with Crippen LogP contribution in [-0.2, 0) is 20.9 Å². The Morgan fingerprint density at radius 1 is 1.63 bits per heavy atom. The molecule has 1 aromatic rings. The number of carbonyl (C=O) groups excluding carboxylic acids is 2. The molecule has 2 heterocycles. The first-order chi connectivity index (χ1) is 9.06. The summed E-state index contributed by atoms with van der Waals surface area (Å²) in [6.07, 6.45) is 1.95. The minimum Gasteiger partial charge on any atom is -0.452 e. The van der Waals surface area contributed by atoms with Crippen molar-refractivity contribution >= 4 is 23.2 Å². The molecule has 0 bridgehead atoms. The van der Waals surface area contributed by atoms with Gasteiger partial charge < -0.3 is 9.64 Å². The van der Waals surface area contributed by atoms with Gasteiger partial charge in [-0.05, 0) is 5.92 Å². The van der Waals surface area contributed by atoms with Crippen molar-refractivity contribution in [3.8, 4) is 0 Å². The average molecular weight is 282 g/mol. The SMILES string of the molecule is CC(C)CN(Cc1nccs1)C(=O)[C@@H]1CCC(=O)O1. The van der Waals surface area contributed by atoms with Gasteiger partial charge in [0.1, 0.15) is 5.01 Å². The molecule has 2 rings (SSSR count). The first-order valence-electron chi connectivity index (χ1n) is 6.43. The van der Waals surface area contributed by atoms with E-state index in [4.69, 9.17) is 4.74 Å². The van der Waals surface area contributed by atoms with E-state index >= 15 is 0 Å². The highest BCUT2D eigenvalue weighted by Crippen LogP contribution is 2.19. The summed E-state index contributed by atoms with van der Waals surface area (Å²) >= 11 is 1.53. The molecule has 1 amide bonds. The van der Waals surface area contributed by atoms with Gasteiger partial charge in [0, 0.05) is 31.0 Å². The second kappa shape index (κ2) is 6.14. The van der Waals surface area contributed by atoms with Gasteiger partial charge in [-0.1, -0.05) is 13.8 Å². The lowest BCUT2D eigenvalue weighted by Gasteiger charge is -2.25. The summed E-state index contributed by atoms with van der Waals surface area (Å²) in [6.45, 7) is 5.25. The molecule has 6 heteroatoms. The molecule has 1 saturated heterocycles. The summed E-state index contributed by atoms with van der Waals surface area (Å²) in [5.41, 5.74) is 0. The second-order valence-corrected chi connectivity index (χ2v) is 6.03. The molecule has 5 nitrogen and oxygen atoms in total. The standard InChI is InChI=1S/C13H18N2O3S/c1-9(2)7-15(8-11-14-5-6-19-11)13(17)10-3-4-12(16)18-10/h5-6,9-10H,3-4,7-8H2,1-2H3/t10-/m0/s1. The van der Waals surface area contributed by atoms with Crippen LogP contribution >= 0.6 is 11.3 Å². The minimum absolute atomic E-state index is 0.102. The molecule has 1 aliphatic heterocycles. The smallest absolute Gasteiger partial charge is 0.306 e. The number of amides is 1. The Morgan fingerprint density at radius 2 is 2.42 bits per heavy atom. The number of hydrogen-bond donors (Lipinski definition) is 0. The monoisotopic (exact) mass is 282 g/mol. The van der Waals surface area contributed by atoms with Crippen LogP contribution in [-0.4, -0.2) is 34.4 Å². The van der Waals surface area contributed by atoms with Crippen LogP contribution in [0.2, 0.25) is 0 Å². The largest absolute Gasteiger partial charge is 0.452 e. The molecule has 0 aliphatic carbocycles. The van der Waals surface area contributed by atoms with Crippen LogP contribution in [0.4, 0.5) is 0 Å². The van der Waals surface area contributed by atoms with E-state index in [1.807, 2.05) is 5.38 Å². The van der Waals surface area contributed by atoms with Crippen molar-refractivity contribution < 1.29 is 14.3 Å². The van der Waals surface area contributed by atoms with E-state index in [-0.39, 0.29) is 11.9 Å². The van der Waals surface area contributed by atoms with Crippen molar-refractivity contribution in [2.24, 2.45) is 5.92 Å². The van der Waals surface area contributed by atoms with E-state index in [0.29, 0.717) is 31.8 Å². The predicted molar refractivity (Wildman–Crippen MR) is 71.5 cm³/mol. The van der Waals surface area contributed by atoms with Crippen molar-refractivity contribution in [1.82, 2.24) is 9.88 Å². The van der Waals surface area contributed by atoms with Gasteiger partial charge in [-0.2, -0.15) is 0 Å². The summed E-state index contributed by atoms with van der Waals surface area (Å²) < 4.78 is 5.06.